The van der Waals surface area contributed by atoms with Crippen LogP contribution in [0.15, 0.2) is 23.4 Å². The highest BCUT2D eigenvalue weighted by Gasteiger charge is 2.16. The molecule has 6 nitrogen and oxygen atoms in total. The first kappa shape index (κ1) is 13.3. The first-order valence-corrected chi connectivity index (χ1v) is 5.81. The van der Waals surface area contributed by atoms with Gasteiger partial charge in [0, 0.05) is 7.05 Å². The second-order valence-corrected chi connectivity index (χ2v) is 4.62. The molecular formula is C10H14N4O2S. The molecule has 4 N–H and O–H groups in total. The summed E-state index contributed by atoms with van der Waals surface area (Å²) in [6, 6.07) is 2.91. The number of anilines is 1. The number of thioether (sulfide) groups is 1. The van der Waals surface area contributed by atoms with Crippen LogP contribution in [0.3, 0.4) is 0 Å². The van der Waals surface area contributed by atoms with E-state index in [0.717, 1.165) is 0 Å². The molecule has 0 spiro atoms. The van der Waals surface area contributed by atoms with Crippen molar-refractivity contribution in [1.29, 1.82) is 0 Å². The molecule has 1 aromatic rings. The van der Waals surface area contributed by atoms with Gasteiger partial charge in [0.1, 0.15) is 0 Å². The summed E-state index contributed by atoms with van der Waals surface area (Å²) < 4.78 is 0. The van der Waals surface area contributed by atoms with Gasteiger partial charge in [-0.2, -0.15) is 0 Å². The van der Waals surface area contributed by atoms with Crippen LogP contribution in [0.1, 0.15) is 6.92 Å². The monoisotopic (exact) mass is 254 g/mol. The van der Waals surface area contributed by atoms with Gasteiger partial charge in [0.05, 0.1) is 22.2 Å². The molecule has 1 aromatic heterocycles. The van der Waals surface area contributed by atoms with E-state index in [4.69, 9.17) is 5.73 Å². The van der Waals surface area contributed by atoms with E-state index in [1.54, 1.807) is 19.1 Å². The number of carbonyl (C=O) groups is 2. The second-order valence-electron chi connectivity index (χ2n) is 3.26. The fraction of sp³-hybridized carbons (Fsp3) is 0.300. The Kier molecular flexibility index (Phi) is 4.77. The molecule has 0 aliphatic heterocycles. The minimum atomic E-state index is -0.521. The van der Waals surface area contributed by atoms with E-state index in [0.29, 0.717) is 10.7 Å². The van der Waals surface area contributed by atoms with Crippen molar-refractivity contribution in [1.82, 2.24) is 15.6 Å². The highest BCUT2D eigenvalue weighted by molar-refractivity contribution is 8.00. The van der Waals surface area contributed by atoms with Crippen molar-refractivity contribution in [2.45, 2.75) is 17.2 Å². The molecule has 1 unspecified atom stereocenters. The molecule has 7 heteroatoms. The van der Waals surface area contributed by atoms with Crippen molar-refractivity contribution in [3.05, 3.63) is 18.3 Å². The number of hydrogen-bond acceptors (Lipinski definition) is 5. The summed E-state index contributed by atoms with van der Waals surface area (Å²) in [4.78, 5) is 26.5. The third-order valence-corrected chi connectivity index (χ3v) is 2.94. The lowest BCUT2D eigenvalue weighted by molar-refractivity contribution is -0.119. The third-order valence-electron chi connectivity index (χ3n) is 1.89. The van der Waals surface area contributed by atoms with Crippen molar-refractivity contribution in [2.75, 3.05) is 12.8 Å². The molecular weight excluding hydrogens is 240 g/mol. The SMILES string of the molecule is CNC(=O)NC(=O)C(C)Sc1ccc(N)cn1. The average molecular weight is 254 g/mol. The van der Waals surface area contributed by atoms with E-state index in [9.17, 15) is 9.59 Å². The summed E-state index contributed by atoms with van der Waals surface area (Å²) >= 11 is 1.25. The summed E-state index contributed by atoms with van der Waals surface area (Å²) in [6.07, 6.45) is 1.52. The highest BCUT2D eigenvalue weighted by atomic mass is 32.2. The molecule has 0 saturated carbocycles. The molecule has 0 fully saturated rings. The van der Waals surface area contributed by atoms with E-state index < -0.39 is 11.3 Å². The van der Waals surface area contributed by atoms with Crippen molar-refractivity contribution in [2.24, 2.45) is 0 Å². The Bertz CT molecular complexity index is 407. The van der Waals surface area contributed by atoms with Gasteiger partial charge in [-0.15, -0.1) is 0 Å². The first-order valence-electron chi connectivity index (χ1n) is 4.93. The highest BCUT2D eigenvalue weighted by Crippen LogP contribution is 2.21. The molecule has 0 radical (unpaired) electrons. The molecule has 0 aromatic carbocycles. The Morgan fingerprint density at radius 3 is 2.71 bits per heavy atom. The number of nitrogens with two attached hydrogens (primary N) is 1. The van der Waals surface area contributed by atoms with E-state index in [-0.39, 0.29) is 5.91 Å². The van der Waals surface area contributed by atoms with E-state index >= 15 is 0 Å². The van der Waals surface area contributed by atoms with Gasteiger partial charge in [-0.25, -0.2) is 9.78 Å². The van der Waals surface area contributed by atoms with Crippen molar-refractivity contribution >= 4 is 29.4 Å². The van der Waals surface area contributed by atoms with Crippen LogP contribution in [0.25, 0.3) is 0 Å². The van der Waals surface area contributed by atoms with Gasteiger partial charge in [0.25, 0.3) is 0 Å². The van der Waals surface area contributed by atoms with Crippen molar-refractivity contribution in [3.63, 3.8) is 0 Å². The Balaban J connectivity index is 2.54. The summed E-state index contributed by atoms with van der Waals surface area (Å²) in [5.41, 5.74) is 6.06. The lowest BCUT2D eigenvalue weighted by Crippen LogP contribution is -2.41. The van der Waals surface area contributed by atoms with E-state index in [1.807, 2.05) is 0 Å². The number of carbonyl (C=O) groups excluding carboxylic acids is 2. The third kappa shape index (κ3) is 4.31. The van der Waals surface area contributed by atoms with Gasteiger partial charge in [-0.05, 0) is 19.1 Å². The molecule has 3 amide bonds. The zero-order chi connectivity index (χ0) is 12.8. The molecule has 92 valence electrons. The summed E-state index contributed by atoms with van der Waals surface area (Å²) in [5.74, 6) is -0.368. The number of urea groups is 1. The number of hydrogen-bond donors (Lipinski definition) is 3. The molecule has 1 rings (SSSR count). The van der Waals surface area contributed by atoms with Gasteiger partial charge in [-0.1, -0.05) is 11.8 Å². The number of pyridine rings is 1. The summed E-state index contributed by atoms with van der Waals surface area (Å²) in [7, 11) is 1.45. The molecule has 17 heavy (non-hydrogen) atoms. The van der Waals surface area contributed by atoms with Crippen LogP contribution in [-0.2, 0) is 4.79 Å². The van der Waals surface area contributed by atoms with Crippen LogP contribution in [-0.4, -0.2) is 29.2 Å². The average Bonchev–Trinajstić information content (AvgIpc) is 2.31. The quantitative estimate of drug-likeness (QED) is 0.686. The fourth-order valence-corrected chi connectivity index (χ4v) is 1.76. The standard InChI is InChI=1S/C10H14N4O2S/c1-6(9(15)14-10(16)12-2)17-8-4-3-7(11)5-13-8/h3-6H,11H2,1-2H3,(H2,12,14,15,16). The molecule has 0 bridgehead atoms. The Morgan fingerprint density at radius 2 is 2.18 bits per heavy atom. The second kappa shape index (κ2) is 6.09. The molecule has 0 saturated heterocycles. The van der Waals surface area contributed by atoms with Gasteiger partial charge >= 0.3 is 6.03 Å². The summed E-state index contributed by atoms with van der Waals surface area (Å²) in [6.45, 7) is 1.70. The van der Waals surface area contributed by atoms with Gasteiger partial charge in [0.15, 0.2) is 0 Å². The number of amides is 3. The van der Waals surface area contributed by atoms with Crippen LogP contribution >= 0.6 is 11.8 Å². The van der Waals surface area contributed by atoms with Crippen LogP contribution in [0.5, 0.6) is 0 Å². The van der Waals surface area contributed by atoms with Crippen LogP contribution < -0.4 is 16.4 Å². The van der Waals surface area contributed by atoms with E-state index in [2.05, 4.69) is 15.6 Å². The largest absolute Gasteiger partial charge is 0.397 e. The Morgan fingerprint density at radius 1 is 1.47 bits per heavy atom. The van der Waals surface area contributed by atoms with Gasteiger partial charge in [-0.3, -0.25) is 10.1 Å². The topological polar surface area (TPSA) is 97.1 Å². The number of rotatable bonds is 3. The lowest BCUT2D eigenvalue weighted by Gasteiger charge is -2.10. The maximum Gasteiger partial charge on any atom is 0.321 e. The summed E-state index contributed by atoms with van der Waals surface area (Å²) in [5, 5.41) is 4.77. The first-order chi connectivity index (χ1) is 8.02. The maximum absolute atomic E-state index is 11.5. The minimum absolute atomic E-state index is 0.368. The Hall–Kier alpha value is -1.76. The normalized spacial score (nSPS) is 11.6. The van der Waals surface area contributed by atoms with Crippen molar-refractivity contribution < 1.29 is 9.59 Å². The lowest BCUT2D eigenvalue weighted by atomic mass is 10.4. The number of nitrogens with one attached hydrogen (secondary N) is 2. The number of aromatic nitrogens is 1. The van der Waals surface area contributed by atoms with Crippen molar-refractivity contribution in [3.8, 4) is 0 Å². The maximum atomic E-state index is 11.5. The van der Waals surface area contributed by atoms with Gasteiger partial charge in [0.2, 0.25) is 5.91 Å². The molecule has 0 aliphatic carbocycles. The van der Waals surface area contributed by atoms with Gasteiger partial charge < -0.3 is 11.1 Å². The minimum Gasteiger partial charge on any atom is -0.397 e. The van der Waals surface area contributed by atoms with E-state index in [1.165, 1.54) is 25.0 Å². The molecule has 1 heterocycles. The number of nitrogens with zero attached hydrogens (tertiary/aromatic N) is 1. The zero-order valence-electron chi connectivity index (χ0n) is 9.56. The smallest absolute Gasteiger partial charge is 0.321 e. The van der Waals surface area contributed by atoms with Crippen LogP contribution in [0.4, 0.5) is 10.5 Å². The van der Waals surface area contributed by atoms with Crippen LogP contribution in [0.2, 0.25) is 0 Å². The number of nitrogen functional groups attached to an aromatic ring is 1. The molecule has 1 atom stereocenters. The predicted octanol–water partition coefficient (Wildman–Crippen LogP) is 0.600. The molecule has 0 aliphatic rings. The van der Waals surface area contributed by atoms with Crippen LogP contribution in [0, 0.1) is 0 Å². The fourth-order valence-electron chi connectivity index (χ4n) is 0.972. The number of imide groups is 1. The Labute approximate surface area is 103 Å². The zero-order valence-corrected chi connectivity index (χ0v) is 10.4. The predicted molar refractivity (Wildman–Crippen MR) is 66.6 cm³/mol.